The van der Waals surface area contributed by atoms with E-state index in [-0.39, 0.29) is 5.91 Å². The molecule has 0 radical (unpaired) electrons. The Hall–Kier alpha value is -3.11. The molecule has 0 saturated carbocycles. The van der Waals surface area contributed by atoms with Crippen LogP contribution >= 0.6 is 11.6 Å². The molecule has 0 atom stereocenters. The van der Waals surface area contributed by atoms with Gasteiger partial charge in [-0.15, -0.1) is 0 Å². The average Bonchev–Trinajstić information content (AvgIpc) is 3.05. The van der Waals surface area contributed by atoms with Crippen molar-refractivity contribution in [3.63, 3.8) is 0 Å². The van der Waals surface area contributed by atoms with Gasteiger partial charge >= 0.3 is 0 Å². The summed E-state index contributed by atoms with van der Waals surface area (Å²) >= 11 is 6.03. The van der Waals surface area contributed by atoms with E-state index in [2.05, 4.69) is 10.3 Å². The van der Waals surface area contributed by atoms with Crippen molar-refractivity contribution < 1.29 is 9.21 Å². The lowest BCUT2D eigenvalue weighted by atomic mass is 10.1. The van der Waals surface area contributed by atoms with Crippen LogP contribution in [-0.2, 0) is 0 Å². The lowest BCUT2D eigenvalue weighted by Crippen LogP contribution is -2.13. The summed E-state index contributed by atoms with van der Waals surface area (Å²) in [7, 11) is 0. The van der Waals surface area contributed by atoms with Crippen LogP contribution in [0, 0.1) is 20.8 Å². The van der Waals surface area contributed by atoms with E-state index in [4.69, 9.17) is 16.0 Å². The normalized spacial score (nSPS) is 11.0. The van der Waals surface area contributed by atoms with Gasteiger partial charge in [0.2, 0.25) is 5.89 Å². The van der Waals surface area contributed by atoms with Gasteiger partial charge in [0.25, 0.3) is 5.91 Å². The summed E-state index contributed by atoms with van der Waals surface area (Å²) in [6.45, 7) is 5.91. The number of benzene rings is 3. The van der Waals surface area contributed by atoms with Gasteiger partial charge in [0.15, 0.2) is 5.58 Å². The van der Waals surface area contributed by atoms with E-state index in [0.717, 1.165) is 27.9 Å². The van der Waals surface area contributed by atoms with Crippen molar-refractivity contribution in [2.45, 2.75) is 20.8 Å². The molecule has 1 heterocycles. The maximum Gasteiger partial charge on any atom is 0.255 e. The molecule has 0 bridgehead atoms. The largest absolute Gasteiger partial charge is 0.436 e. The van der Waals surface area contributed by atoms with E-state index in [9.17, 15) is 4.79 Å². The van der Waals surface area contributed by atoms with Gasteiger partial charge in [0, 0.05) is 21.8 Å². The van der Waals surface area contributed by atoms with Gasteiger partial charge in [-0.3, -0.25) is 4.79 Å². The number of carbonyl (C=O) groups is 1. The topological polar surface area (TPSA) is 55.1 Å². The molecule has 4 nitrogen and oxygen atoms in total. The number of aryl methyl sites for hydroxylation is 3. The number of amides is 1. The van der Waals surface area contributed by atoms with Crippen molar-refractivity contribution in [3.05, 3.63) is 81.9 Å². The maximum atomic E-state index is 12.7. The molecular weight excluding hydrogens is 372 g/mol. The molecule has 0 saturated heterocycles. The van der Waals surface area contributed by atoms with Crippen LogP contribution in [0.15, 0.2) is 59.0 Å². The lowest BCUT2D eigenvalue weighted by Gasteiger charge is -2.11. The molecule has 4 rings (SSSR count). The number of fused-ring (bicyclic) bond motifs is 1. The summed E-state index contributed by atoms with van der Waals surface area (Å²) in [5, 5.41) is 3.61. The van der Waals surface area contributed by atoms with E-state index in [0.29, 0.717) is 27.6 Å². The summed E-state index contributed by atoms with van der Waals surface area (Å²) in [5.74, 6) is 0.343. The number of hydrogen-bond donors (Lipinski definition) is 1. The number of nitrogens with zero attached hydrogens (tertiary/aromatic N) is 1. The minimum Gasteiger partial charge on any atom is -0.436 e. The molecule has 0 aliphatic heterocycles. The van der Waals surface area contributed by atoms with E-state index in [1.807, 2.05) is 57.2 Å². The molecule has 1 N–H and O–H groups in total. The molecule has 1 amide bonds. The zero-order valence-corrected chi connectivity index (χ0v) is 16.6. The van der Waals surface area contributed by atoms with Crippen molar-refractivity contribution in [2.75, 3.05) is 5.32 Å². The first-order chi connectivity index (χ1) is 13.4. The van der Waals surface area contributed by atoms with Crippen LogP contribution in [0.5, 0.6) is 0 Å². The fraction of sp³-hybridized carbons (Fsp3) is 0.130. The second kappa shape index (κ2) is 7.13. The van der Waals surface area contributed by atoms with Crippen LogP contribution in [0.3, 0.4) is 0 Å². The predicted octanol–water partition coefficient (Wildman–Crippen LogP) is 6.33. The Bertz CT molecular complexity index is 1190. The first kappa shape index (κ1) is 18.3. The van der Waals surface area contributed by atoms with Crippen molar-refractivity contribution in [2.24, 2.45) is 0 Å². The van der Waals surface area contributed by atoms with Crippen LogP contribution in [0.4, 0.5) is 5.69 Å². The third kappa shape index (κ3) is 3.64. The summed E-state index contributed by atoms with van der Waals surface area (Å²) in [4.78, 5) is 17.2. The second-order valence-electron chi connectivity index (χ2n) is 6.99. The van der Waals surface area contributed by atoms with Gasteiger partial charge in [-0.1, -0.05) is 34.9 Å². The van der Waals surface area contributed by atoms with Crippen LogP contribution in [-0.4, -0.2) is 10.9 Å². The number of hydrogen-bond acceptors (Lipinski definition) is 3. The quantitative estimate of drug-likeness (QED) is 0.445. The highest BCUT2D eigenvalue weighted by molar-refractivity contribution is 6.31. The monoisotopic (exact) mass is 390 g/mol. The molecule has 3 aromatic carbocycles. The van der Waals surface area contributed by atoms with Gasteiger partial charge < -0.3 is 9.73 Å². The number of halogens is 1. The highest BCUT2D eigenvalue weighted by atomic mass is 35.5. The van der Waals surface area contributed by atoms with Crippen molar-refractivity contribution in [1.82, 2.24) is 4.98 Å². The van der Waals surface area contributed by atoms with Crippen molar-refractivity contribution in [1.29, 1.82) is 0 Å². The third-order valence-corrected chi connectivity index (χ3v) is 4.80. The number of aromatic nitrogens is 1. The molecule has 0 fully saturated rings. The van der Waals surface area contributed by atoms with Crippen molar-refractivity contribution in [3.8, 4) is 11.5 Å². The molecule has 1 aromatic heterocycles. The molecule has 0 spiro atoms. The smallest absolute Gasteiger partial charge is 0.255 e. The SMILES string of the molecule is Cc1cc(C)cc(C(=O)Nc2cc(-c3nc4cc(Cl)ccc4o3)ccc2C)c1. The van der Waals surface area contributed by atoms with Crippen LogP contribution in [0.2, 0.25) is 5.02 Å². The Balaban J connectivity index is 1.67. The van der Waals surface area contributed by atoms with Crippen LogP contribution in [0.25, 0.3) is 22.6 Å². The van der Waals surface area contributed by atoms with E-state index in [1.165, 1.54) is 0 Å². The molecule has 4 aromatic rings. The average molecular weight is 391 g/mol. The van der Waals surface area contributed by atoms with Gasteiger partial charge in [0.05, 0.1) is 0 Å². The zero-order valence-electron chi connectivity index (χ0n) is 15.8. The highest BCUT2D eigenvalue weighted by Crippen LogP contribution is 2.29. The van der Waals surface area contributed by atoms with Crippen LogP contribution < -0.4 is 5.32 Å². The number of carbonyl (C=O) groups excluding carboxylic acids is 1. The molecule has 0 aliphatic rings. The Morgan fingerprint density at radius 3 is 2.46 bits per heavy atom. The van der Waals surface area contributed by atoms with E-state index >= 15 is 0 Å². The Kier molecular flexibility index (Phi) is 4.65. The van der Waals surface area contributed by atoms with E-state index in [1.54, 1.807) is 18.2 Å². The summed E-state index contributed by atoms with van der Waals surface area (Å²) < 4.78 is 5.84. The number of oxazole rings is 1. The highest BCUT2D eigenvalue weighted by Gasteiger charge is 2.13. The molecule has 0 unspecified atom stereocenters. The standard InChI is InChI=1S/C23H19ClN2O2/c1-13-8-14(2)10-17(9-13)22(27)25-19-11-16(5-4-15(19)3)23-26-20-12-18(24)6-7-21(20)28-23/h4-12H,1-3H3,(H,25,27). The van der Waals surface area contributed by atoms with E-state index < -0.39 is 0 Å². The number of anilines is 1. The fourth-order valence-corrected chi connectivity index (χ4v) is 3.38. The number of rotatable bonds is 3. The summed E-state index contributed by atoms with van der Waals surface area (Å²) in [6.07, 6.45) is 0. The summed E-state index contributed by atoms with van der Waals surface area (Å²) in [5.41, 5.74) is 6.58. The predicted molar refractivity (Wildman–Crippen MR) is 113 cm³/mol. The third-order valence-electron chi connectivity index (χ3n) is 4.57. The summed E-state index contributed by atoms with van der Waals surface area (Å²) in [6, 6.07) is 16.9. The maximum absolute atomic E-state index is 12.7. The first-order valence-electron chi connectivity index (χ1n) is 8.96. The van der Waals surface area contributed by atoms with Crippen molar-refractivity contribution >= 4 is 34.3 Å². The van der Waals surface area contributed by atoms with Gasteiger partial charge in [0.1, 0.15) is 5.52 Å². The number of nitrogens with one attached hydrogen (secondary N) is 1. The van der Waals surface area contributed by atoms with Gasteiger partial charge in [-0.05, 0) is 68.8 Å². The second-order valence-corrected chi connectivity index (χ2v) is 7.43. The minimum absolute atomic E-state index is 0.142. The Morgan fingerprint density at radius 1 is 0.964 bits per heavy atom. The Morgan fingerprint density at radius 2 is 1.71 bits per heavy atom. The van der Waals surface area contributed by atoms with Gasteiger partial charge in [-0.25, -0.2) is 4.98 Å². The Labute approximate surface area is 168 Å². The minimum atomic E-state index is -0.142. The molecule has 5 heteroatoms. The first-order valence-corrected chi connectivity index (χ1v) is 9.33. The molecule has 0 aliphatic carbocycles. The zero-order chi connectivity index (χ0) is 19.8. The molecular formula is C23H19ClN2O2. The fourth-order valence-electron chi connectivity index (χ4n) is 3.21. The lowest BCUT2D eigenvalue weighted by molar-refractivity contribution is 0.102. The molecule has 28 heavy (non-hydrogen) atoms. The van der Waals surface area contributed by atoms with Crippen LogP contribution in [0.1, 0.15) is 27.0 Å². The van der Waals surface area contributed by atoms with Gasteiger partial charge in [-0.2, -0.15) is 0 Å². The molecule has 140 valence electrons.